The van der Waals surface area contributed by atoms with Crippen LogP contribution >= 0.6 is 0 Å². The standard InChI is InChI=1S/C9H9N2/c1-7-5-8(2)11-4-3-10-9(11)6-7/h4-6H,1-2H3. The van der Waals surface area contributed by atoms with Gasteiger partial charge in [0.15, 0.2) is 0 Å². The van der Waals surface area contributed by atoms with E-state index >= 15 is 0 Å². The fourth-order valence-electron chi connectivity index (χ4n) is 1.30. The molecule has 2 aromatic heterocycles. The molecule has 2 heteroatoms. The van der Waals surface area contributed by atoms with Gasteiger partial charge in [0.2, 0.25) is 0 Å². The van der Waals surface area contributed by atoms with Crippen LogP contribution < -0.4 is 0 Å². The molecule has 0 N–H and O–H groups in total. The molecule has 0 unspecified atom stereocenters. The van der Waals surface area contributed by atoms with E-state index in [0.717, 1.165) is 5.65 Å². The maximum atomic E-state index is 4.08. The van der Waals surface area contributed by atoms with Crippen molar-refractivity contribution in [2.75, 3.05) is 0 Å². The van der Waals surface area contributed by atoms with E-state index in [9.17, 15) is 0 Å². The van der Waals surface area contributed by atoms with Crippen LogP contribution in [0.25, 0.3) is 5.65 Å². The molecule has 1 radical (unpaired) electrons. The van der Waals surface area contributed by atoms with Crippen LogP contribution in [0, 0.1) is 20.0 Å². The van der Waals surface area contributed by atoms with E-state index in [4.69, 9.17) is 0 Å². The van der Waals surface area contributed by atoms with Crippen molar-refractivity contribution >= 4 is 5.65 Å². The van der Waals surface area contributed by atoms with Crippen LogP contribution in [0.4, 0.5) is 0 Å². The number of hydrogen-bond acceptors (Lipinski definition) is 1. The number of pyridine rings is 1. The molecule has 0 aliphatic carbocycles. The highest BCUT2D eigenvalue weighted by molar-refractivity contribution is 5.42. The zero-order valence-corrected chi connectivity index (χ0v) is 6.63. The van der Waals surface area contributed by atoms with Crippen LogP contribution in [0.3, 0.4) is 0 Å². The Balaban J connectivity index is 2.91. The molecule has 0 fully saturated rings. The largest absolute Gasteiger partial charge is 0.304 e. The summed E-state index contributed by atoms with van der Waals surface area (Å²) in [7, 11) is 0. The number of hydrogen-bond donors (Lipinski definition) is 0. The Morgan fingerprint density at radius 3 is 3.00 bits per heavy atom. The minimum atomic E-state index is 0.975. The van der Waals surface area contributed by atoms with Crippen molar-refractivity contribution in [1.82, 2.24) is 9.38 Å². The Labute approximate surface area is 65.5 Å². The van der Waals surface area contributed by atoms with Gasteiger partial charge in [-0.2, -0.15) is 0 Å². The molecule has 0 aliphatic heterocycles. The molecule has 0 saturated heterocycles. The van der Waals surface area contributed by atoms with Gasteiger partial charge in [0.25, 0.3) is 0 Å². The quantitative estimate of drug-likeness (QED) is 0.552. The maximum Gasteiger partial charge on any atom is 0.137 e. The smallest absolute Gasteiger partial charge is 0.137 e. The molecule has 2 nitrogen and oxygen atoms in total. The van der Waals surface area contributed by atoms with Crippen LogP contribution in [-0.4, -0.2) is 9.38 Å². The number of aromatic nitrogens is 2. The lowest BCUT2D eigenvalue weighted by Gasteiger charge is -1.99. The number of rotatable bonds is 0. The Kier molecular flexibility index (Phi) is 1.22. The summed E-state index contributed by atoms with van der Waals surface area (Å²) in [4.78, 5) is 4.08. The van der Waals surface area contributed by atoms with Crippen molar-refractivity contribution in [2.24, 2.45) is 0 Å². The lowest BCUT2D eigenvalue weighted by molar-refractivity contribution is 1.08. The third kappa shape index (κ3) is 0.909. The molecule has 2 rings (SSSR count). The van der Waals surface area contributed by atoms with Gasteiger partial charge in [-0.15, -0.1) is 0 Å². The summed E-state index contributed by atoms with van der Waals surface area (Å²) in [5.41, 5.74) is 3.42. The van der Waals surface area contributed by atoms with Crippen molar-refractivity contribution in [3.63, 3.8) is 0 Å². The molecule has 2 aromatic rings. The molecule has 0 aromatic carbocycles. The number of nitrogens with zero attached hydrogens (tertiary/aromatic N) is 2. The highest BCUT2D eigenvalue weighted by atomic mass is 15.0. The van der Waals surface area contributed by atoms with Gasteiger partial charge < -0.3 is 4.40 Å². The fourth-order valence-corrected chi connectivity index (χ4v) is 1.30. The van der Waals surface area contributed by atoms with E-state index in [-0.39, 0.29) is 0 Å². The van der Waals surface area contributed by atoms with Gasteiger partial charge in [-0.3, -0.25) is 0 Å². The molecule has 0 atom stereocenters. The number of imidazole rings is 1. The topological polar surface area (TPSA) is 17.3 Å². The first-order chi connectivity index (χ1) is 5.27. The molecule has 11 heavy (non-hydrogen) atoms. The number of fused-ring (bicyclic) bond motifs is 1. The normalized spacial score (nSPS) is 10.7. The van der Waals surface area contributed by atoms with Crippen LogP contribution in [0.2, 0.25) is 0 Å². The second-order valence-electron chi connectivity index (χ2n) is 2.77. The average molecular weight is 145 g/mol. The highest BCUT2D eigenvalue weighted by Gasteiger charge is 1.96. The van der Waals surface area contributed by atoms with Gasteiger partial charge in [0.05, 0.1) is 0 Å². The molecule has 55 valence electrons. The van der Waals surface area contributed by atoms with Gasteiger partial charge in [-0.05, 0) is 31.5 Å². The summed E-state index contributed by atoms with van der Waals surface area (Å²) in [6.45, 7) is 4.14. The predicted molar refractivity (Wildman–Crippen MR) is 43.5 cm³/mol. The monoisotopic (exact) mass is 145 g/mol. The Bertz CT molecular complexity index is 387. The zero-order valence-electron chi connectivity index (χ0n) is 6.63. The van der Waals surface area contributed by atoms with Gasteiger partial charge in [0.1, 0.15) is 11.8 Å². The summed E-state index contributed by atoms with van der Waals surface area (Å²) in [5, 5.41) is 0. The predicted octanol–water partition coefficient (Wildman–Crippen LogP) is 1.75. The van der Waals surface area contributed by atoms with Crippen LogP contribution in [0.5, 0.6) is 0 Å². The van der Waals surface area contributed by atoms with Crippen molar-refractivity contribution in [1.29, 1.82) is 0 Å². The van der Waals surface area contributed by atoms with E-state index < -0.39 is 0 Å². The minimum absolute atomic E-state index is 0.975. The maximum absolute atomic E-state index is 4.08. The zero-order chi connectivity index (χ0) is 7.84. The van der Waals surface area contributed by atoms with E-state index in [1.807, 2.05) is 16.7 Å². The van der Waals surface area contributed by atoms with E-state index in [1.165, 1.54) is 11.3 Å². The molecule has 0 spiro atoms. The fraction of sp³-hybridized carbons (Fsp3) is 0.222. The number of aryl methyl sites for hydroxylation is 2. The Morgan fingerprint density at radius 1 is 1.36 bits per heavy atom. The Hall–Kier alpha value is -1.31. The van der Waals surface area contributed by atoms with Gasteiger partial charge in [-0.25, -0.2) is 4.98 Å². The van der Waals surface area contributed by atoms with Crippen molar-refractivity contribution in [3.05, 3.63) is 35.8 Å². The SMILES string of the molecule is Cc1cc(C)n2c[c]nc2c1. The van der Waals surface area contributed by atoms with Gasteiger partial charge >= 0.3 is 0 Å². The molecule has 0 aliphatic rings. The summed E-state index contributed by atoms with van der Waals surface area (Å²) < 4.78 is 2.02. The molecule has 0 bridgehead atoms. The van der Waals surface area contributed by atoms with Gasteiger partial charge in [-0.1, -0.05) is 0 Å². The molecule has 0 amide bonds. The summed E-state index contributed by atoms with van der Waals surface area (Å²) in [6, 6.07) is 4.17. The first-order valence-corrected chi connectivity index (χ1v) is 3.60. The third-order valence-corrected chi connectivity index (χ3v) is 1.79. The second-order valence-corrected chi connectivity index (χ2v) is 2.77. The van der Waals surface area contributed by atoms with Crippen molar-refractivity contribution in [2.45, 2.75) is 13.8 Å². The van der Waals surface area contributed by atoms with Gasteiger partial charge in [0, 0.05) is 11.9 Å². The third-order valence-electron chi connectivity index (χ3n) is 1.79. The summed E-state index contributed by atoms with van der Waals surface area (Å²) in [6.07, 6.45) is 4.67. The molecular weight excluding hydrogens is 136 g/mol. The van der Waals surface area contributed by atoms with Crippen LogP contribution in [0.1, 0.15) is 11.3 Å². The molecule has 2 heterocycles. The lowest BCUT2D eigenvalue weighted by Crippen LogP contribution is -1.89. The van der Waals surface area contributed by atoms with E-state index in [0.29, 0.717) is 0 Å². The highest BCUT2D eigenvalue weighted by Crippen LogP contribution is 2.07. The summed E-state index contributed by atoms with van der Waals surface area (Å²) >= 11 is 0. The lowest BCUT2D eigenvalue weighted by atomic mass is 10.2. The first kappa shape index (κ1) is 6.40. The second kappa shape index (κ2) is 2.09. The minimum Gasteiger partial charge on any atom is -0.304 e. The van der Waals surface area contributed by atoms with Crippen molar-refractivity contribution < 1.29 is 0 Å². The van der Waals surface area contributed by atoms with Crippen LogP contribution in [0.15, 0.2) is 18.3 Å². The first-order valence-electron chi connectivity index (χ1n) is 3.60. The molecular formula is C9H9N2. The average Bonchev–Trinajstić information content (AvgIpc) is 2.34. The molecule has 0 saturated carbocycles. The van der Waals surface area contributed by atoms with E-state index in [1.54, 1.807) is 0 Å². The van der Waals surface area contributed by atoms with Crippen LogP contribution in [-0.2, 0) is 0 Å². The Morgan fingerprint density at radius 2 is 2.18 bits per heavy atom. The van der Waals surface area contributed by atoms with E-state index in [2.05, 4.69) is 31.1 Å². The van der Waals surface area contributed by atoms with Crippen molar-refractivity contribution in [3.8, 4) is 0 Å². The summed E-state index contributed by atoms with van der Waals surface area (Å²) in [5.74, 6) is 0.